The quantitative estimate of drug-likeness (QED) is 0.767. The first-order valence-corrected chi connectivity index (χ1v) is 5.14. The maximum absolute atomic E-state index is 12.5. The monoisotopic (exact) mass is 221 g/mol. The van der Waals surface area contributed by atoms with Gasteiger partial charge in [-0.25, -0.2) is 0 Å². The summed E-state index contributed by atoms with van der Waals surface area (Å²) < 4.78 is 37.5. The summed E-state index contributed by atoms with van der Waals surface area (Å²) in [6, 6.07) is 4.21. The fraction of sp³-hybridized carbons (Fsp3) is 0.333. The average Bonchev–Trinajstić information content (AvgIpc) is 2.15. The van der Waals surface area contributed by atoms with Crippen LogP contribution in [-0.4, -0.2) is 13.3 Å². The Morgan fingerprint density at radius 1 is 1.29 bits per heavy atom. The smallest absolute Gasteiger partial charge is 0.388 e. The molecule has 1 N–H and O–H groups in total. The van der Waals surface area contributed by atoms with Crippen molar-refractivity contribution in [2.75, 3.05) is 18.6 Å². The Labute approximate surface area is 84.7 Å². The van der Waals surface area contributed by atoms with Crippen molar-refractivity contribution in [3.8, 4) is 0 Å². The van der Waals surface area contributed by atoms with E-state index in [1.165, 1.54) is 6.07 Å². The predicted octanol–water partition coefficient (Wildman–Crippen LogP) is 3.47. The molecule has 0 unspecified atom stereocenters. The first-order chi connectivity index (χ1) is 6.49. The largest absolute Gasteiger partial charge is 0.417 e. The molecule has 0 saturated heterocycles. The lowest BCUT2D eigenvalue weighted by atomic mass is 10.2. The number of nitrogens with one attached hydrogen (secondary N) is 1. The van der Waals surface area contributed by atoms with E-state index in [0.29, 0.717) is 5.69 Å². The Hall–Kier alpha value is -0.840. The molecule has 0 radical (unpaired) electrons. The number of hydrogen-bond acceptors (Lipinski definition) is 2. The third-order valence-corrected chi connectivity index (χ3v) is 2.59. The van der Waals surface area contributed by atoms with E-state index < -0.39 is 11.7 Å². The van der Waals surface area contributed by atoms with Crippen LogP contribution in [0.1, 0.15) is 5.56 Å². The second-order valence-corrected chi connectivity index (χ2v) is 3.51. The molecule has 1 aromatic carbocycles. The van der Waals surface area contributed by atoms with Crippen LogP contribution >= 0.6 is 11.8 Å². The molecule has 1 aromatic rings. The van der Waals surface area contributed by atoms with Crippen molar-refractivity contribution in [1.29, 1.82) is 0 Å². The highest BCUT2D eigenvalue weighted by molar-refractivity contribution is 7.98. The van der Waals surface area contributed by atoms with E-state index in [-0.39, 0.29) is 4.90 Å². The maximum Gasteiger partial charge on any atom is 0.417 e. The molecule has 0 spiro atoms. The lowest BCUT2D eigenvalue weighted by molar-refractivity contribution is -0.139. The van der Waals surface area contributed by atoms with Crippen molar-refractivity contribution in [1.82, 2.24) is 0 Å². The normalized spacial score (nSPS) is 11.5. The number of alkyl halides is 3. The van der Waals surface area contributed by atoms with Crippen molar-refractivity contribution >= 4 is 17.4 Å². The van der Waals surface area contributed by atoms with Crippen LogP contribution in [0.5, 0.6) is 0 Å². The van der Waals surface area contributed by atoms with Gasteiger partial charge in [0, 0.05) is 17.6 Å². The molecule has 5 heteroatoms. The molecule has 0 heterocycles. The van der Waals surface area contributed by atoms with Crippen LogP contribution in [0.3, 0.4) is 0 Å². The molecule has 0 aromatic heterocycles. The van der Waals surface area contributed by atoms with E-state index >= 15 is 0 Å². The van der Waals surface area contributed by atoms with Crippen molar-refractivity contribution in [2.24, 2.45) is 0 Å². The molecular weight excluding hydrogens is 211 g/mol. The summed E-state index contributed by atoms with van der Waals surface area (Å²) in [7, 11) is 1.59. The van der Waals surface area contributed by atoms with Crippen LogP contribution in [0, 0.1) is 0 Å². The standard InChI is InChI=1S/C9H10F3NS/c1-13-6-3-4-8(14-2)7(5-6)9(10,11)12/h3-5,13H,1-2H3. The van der Waals surface area contributed by atoms with Gasteiger partial charge in [0.15, 0.2) is 0 Å². The zero-order valence-electron chi connectivity index (χ0n) is 7.77. The maximum atomic E-state index is 12.5. The second-order valence-electron chi connectivity index (χ2n) is 2.66. The Balaban J connectivity index is 3.22. The Morgan fingerprint density at radius 2 is 1.93 bits per heavy atom. The number of rotatable bonds is 2. The summed E-state index contributed by atoms with van der Waals surface area (Å²) in [6.07, 6.45) is -2.66. The van der Waals surface area contributed by atoms with Crippen molar-refractivity contribution in [2.45, 2.75) is 11.1 Å². The molecule has 0 saturated carbocycles. The highest BCUT2D eigenvalue weighted by Gasteiger charge is 2.33. The van der Waals surface area contributed by atoms with Gasteiger partial charge < -0.3 is 5.32 Å². The van der Waals surface area contributed by atoms with Gasteiger partial charge in [-0.2, -0.15) is 13.2 Å². The third-order valence-electron chi connectivity index (χ3n) is 1.79. The van der Waals surface area contributed by atoms with Gasteiger partial charge in [0.25, 0.3) is 0 Å². The molecule has 0 aliphatic rings. The lowest BCUT2D eigenvalue weighted by Gasteiger charge is -2.12. The number of benzene rings is 1. The second kappa shape index (κ2) is 4.13. The summed E-state index contributed by atoms with van der Waals surface area (Å²) in [5, 5.41) is 2.68. The van der Waals surface area contributed by atoms with E-state index in [0.717, 1.165) is 17.8 Å². The molecule has 0 aliphatic carbocycles. The summed E-state index contributed by atoms with van der Waals surface area (Å²) in [4.78, 5) is 0.247. The van der Waals surface area contributed by atoms with Crippen LogP contribution in [0.15, 0.2) is 23.1 Å². The van der Waals surface area contributed by atoms with Crippen LogP contribution in [0.4, 0.5) is 18.9 Å². The average molecular weight is 221 g/mol. The zero-order chi connectivity index (χ0) is 10.8. The molecule has 0 bridgehead atoms. The summed E-state index contributed by atoms with van der Waals surface area (Å²) in [6.45, 7) is 0. The summed E-state index contributed by atoms with van der Waals surface area (Å²) in [5.41, 5.74) is -0.119. The minimum atomic E-state index is -4.29. The van der Waals surface area contributed by atoms with Gasteiger partial charge in [-0.15, -0.1) is 11.8 Å². The highest BCUT2D eigenvalue weighted by atomic mass is 32.2. The van der Waals surface area contributed by atoms with Crippen LogP contribution in [0.2, 0.25) is 0 Å². The van der Waals surface area contributed by atoms with Crippen LogP contribution in [0.25, 0.3) is 0 Å². The molecule has 14 heavy (non-hydrogen) atoms. The van der Waals surface area contributed by atoms with Crippen molar-refractivity contribution in [3.05, 3.63) is 23.8 Å². The predicted molar refractivity (Wildman–Crippen MR) is 52.8 cm³/mol. The molecular formula is C9H10F3NS. The number of halogens is 3. The van der Waals surface area contributed by atoms with Crippen LogP contribution < -0.4 is 5.32 Å². The number of thioether (sulfide) groups is 1. The number of hydrogen-bond donors (Lipinski definition) is 1. The third kappa shape index (κ3) is 2.35. The Morgan fingerprint density at radius 3 is 2.36 bits per heavy atom. The topological polar surface area (TPSA) is 12.0 Å². The van der Waals surface area contributed by atoms with Gasteiger partial charge in [-0.1, -0.05) is 0 Å². The molecule has 0 amide bonds. The van der Waals surface area contributed by atoms with Crippen molar-refractivity contribution < 1.29 is 13.2 Å². The zero-order valence-corrected chi connectivity index (χ0v) is 8.59. The van der Waals surface area contributed by atoms with E-state index in [9.17, 15) is 13.2 Å². The van der Waals surface area contributed by atoms with Gasteiger partial charge in [0.05, 0.1) is 5.56 Å². The molecule has 0 aliphatic heterocycles. The minimum absolute atomic E-state index is 0.247. The number of anilines is 1. The Bertz CT molecular complexity index is 322. The van der Waals surface area contributed by atoms with E-state index in [4.69, 9.17) is 0 Å². The van der Waals surface area contributed by atoms with Gasteiger partial charge in [0.2, 0.25) is 0 Å². The Kier molecular flexibility index (Phi) is 3.31. The highest BCUT2D eigenvalue weighted by Crippen LogP contribution is 2.37. The van der Waals surface area contributed by atoms with Crippen molar-refractivity contribution in [3.63, 3.8) is 0 Å². The molecule has 78 valence electrons. The SMILES string of the molecule is CNc1ccc(SC)c(C(F)(F)F)c1. The van der Waals surface area contributed by atoms with Gasteiger partial charge in [0.1, 0.15) is 0 Å². The fourth-order valence-electron chi connectivity index (χ4n) is 1.09. The van der Waals surface area contributed by atoms with E-state index in [1.54, 1.807) is 19.4 Å². The molecule has 1 nitrogen and oxygen atoms in total. The van der Waals surface area contributed by atoms with Gasteiger partial charge in [-0.3, -0.25) is 0 Å². The molecule has 0 fully saturated rings. The first kappa shape index (κ1) is 11.2. The van der Waals surface area contributed by atoms with E-state index in [2.05, 4.69) is 5.32 Å². The molecule has 0 atom stereocenters. The minimum Gasteiger partial charge on any atom is -0.388 e. The molecule has 1 rings (SSSR count). The summed E-state index contributed by atoms with van der Waals surface area (Å²) >= 11 is 1.09. The van der Waals surface area contributed by atoms with Gasteiger partial charge in [-0.05, 0) is 24.5 Å². The van der Waals surface area contributed by atoms with E-state index in [1.807, 2.05) is 0 Å². The summed E-state index contributed by atoms with van der Waals surface area (Å²) in [5.74, 6) is 0. The van der Waals surface area contributed by atoms with Gasteiger partial charge >= 0.3 is 6.18 Å². The first-order valence-electron chi connectivity index (χ1n) is 3.92. The fourth-order valence-corrected chi connectivity index (χ4v) is 1.68. The van der Waals surface area contributed by atoms with Crippen LogP contribution in [-0.2, 0) is 6.18 Å². The lowest BCUT2D eigenvalue weighted by Crippen LogP contribution is -2.07.